The van der Waals surface area contributed by atoms with Crippen molar-refractivity contribution in [2.75, 3.05) is 39.6 Å². The van der Waals surface area contributed by atoms with E-state index in [1.807, 2.05) is 0 Å². The summed E-state index contributed by atoms with van der Waals surface area (Å²) in [5, 5.41) is 10.5. The molecule has 4 unspecified atom stereocenters. The van der Waals surface area contributed by atoms with Crippen LogP contribution in [0.15, 0.2) is 0 Å². The summed E-state index contributed by atoms with van der Waals surface area (Å²) in [6.07, 6.45) is 35.0. The van der Waals surface area contributed by atoms with E-state index in [1.54, 1.807) is 0 Å². The molecule has 0 radical (unpaired) electrons. The Morgan fingerprint density at radius 3 is 0.845 bits per heavy atom. The van der Waals surface area contributed by atoms with E-state index in [2.05, 4.69) is 55.4 Å². The molecule has 0 aliphatic rings. The van der Waals surface area contributed by atoms with Gasteiger partial charge in [-0.15, -0.1) is 0 Å². The van der Waals surface area contributed by atoms with E-state index in [0.29, 0.717) is 31.6 Å². The standard InChI is InChI=1S/C65H126O17P2/c1-9-58(8)44-36-28-22-24-32-40-48-65(70)82-61(52-76-63(68)46-38-30-23-21-27-35-43-57(6)7)54-80-84(73,74)78-50-59(66)49-77-83(71,72)79-53-60(51-75-62(67)45-37-29-19-16-15-18-26-34-42-56(4)5)81-64(69)47-39-31-20-14-12-10-11-13-17-25-33-41-55(2)3/h55-61,66H,9-54H2,1-8H3,(H,71,72)(H,73,74)/t58?,59?,60-,61-/m1/s1. The molecule has 0 fully saturated rings. The fraction of sp³-hybridized carbons (Fsp3) is 0.938. The number of hydrogen-bond acceptors (Lipinski definition) is 15. The third-order valence-electron chi connectivity index (χ3n) is 15.2. The van der Waals surface area contributed by atoms with Crippen LogP contribution < -0.4 is 0 Å². The molecule has 0 aromatic heterocycles. The van der Waals surface area contributed by atoms with Gasteiger partial charge in [0.1, 0.15) is 19.3 Å². The van der Waals surface area contributed by atoms with E-state index in [4.69, 9.17) is 37.0 Å². The van der Waals surface area contributed by atoms with Crippen LogP contribution in [0.1, 0.15) is 312 Å². The Hall–Kier alpha value is -1.94. The third kappa shape index (κ3) is 57.8. The van der Waals surface area contributed by atoms with E-state index >= 15 is 0 Å². The van der Waals surface area contributed by atoms with Gasteiger partial charge in [0.25, 0.3) is 0 Å². The van der Waals surface area contributed by atoms with Gasteiger partial charge in [0, 0.05) is 25.7 Å². The van der Waals surface area contributed by atoms with Gasteiger partial charge in [-0.2, -0.15) is 0 Å². The van der Waals surface area contributed by atoms with Crippen molar-refractivity contribution < 1.29 is 80.2 Å². The van der Waals surface area contributed by atoms with Gasteiger partial charge in [0.05, 0.1) is 26.4 Å². The first kappa shape index (κ1) is 82.1. The van der Waals surface area contributed by atoms with Gasteiger partial charge in [0.15, 0.2) is 12.2 Å². The molecule has 498 valence electrons. The lowest BCUT2D eigenvalue weighted by Gasteiger charge is -2.21. The molecule has 0 spiro atoms. The smallest absolute Gasteiger partial charge is 0.462 e. The summed E-state index contributed by atoms with van der Waals surface area (Å²) in [4.78, 5) is 72.2. The zero-order valence-electron chi connectivity index (χ0n) is 54.5. The van der Waals surface area contributed by atoms with Crippen molar-refractivity contribution in [3.63, 3.8) is 0 Å². The van der Waals surface area contributed by atoms with Crippen LogP contribution in [-0.4, -0.2) is 96.7 Å². The van der Waals surface area contributed by atoms with E-state index in [-0.39, 0.29) is 25.7 Å². The molecule has 0 aliphatic heterocycles. The second-order valence-electron chi connectivity index (χ2n) is 25.2. The number of phosphoric acid groups is 2. The summed E-state index contributed by atoms with van der Waals surface area (Å²) in [7, 11) is -9.89. The molecule has 0 aromatic carbocycles. The van der Waals surface area contributed by atoms with Crippen LogP contribution in [0.4, 0.5) is 0 Å². The third-order valence-corrected chi connectivity index (χ3v) is 17.1. The fourth-order valence-electron chi connectivity index (χ4n) is 9.57. The van der Waals surface area contributed by atoms with E-state index in [1.165, 1.54) is 109 Å². The molecule has 17 nitrogen and oxygen atoms in total. The summed E-state index contributed by atoms with van der Waals surface area (Å²) < 4.78 is 68.0. The molecule has 0 saturated heterocycles. The minimum absolute atomic E-state index is 0.101. The Labute approximate surface area is 511 Å². The first-order valence-corrected chi connectivity index (χ1v) is 36.7. The molecule has 0 rings (SSSR count). The summed E-state index contributed by atoms with van der Waals surface area (Å²) in [6, 6.07) is 0. The normalized spacial score (nSPS) is 14.7. The Balaban J connectivity index is 5.25. The van der Waals surface area contributed by atoms with Gasteiger partial charge in [0.2, 0.25) is 0 Å². The molecule has 0 bridgehead atoms. The molecule has 3 N–H and O–H groups in total. The summed E-state index contributed by atoms with van der Waals surface area (Å²) >= 11 is 0. The quantitative estimate of drug-likeness (QED) is 0.0222. The van der Waals surface area contributed by atoms with E-state index in [9.17, 15) is 43.2 Å². The molecule has 19 heteroatoms. The van der Waals surface area contributed by atoms with Crippen LogP contribution in [0.2, 0.25) is 0 Å². The van der Waals surface area contributed by atoms with Gasteiger partial charge < -0.3 is 33.8 Å². The molecule has 0 aromatic rings. The second kappa shape index (κ2) is 55.2. The first-order chi connectivity index (χ1) is 40.1. The minimum atomic E-state index is -4.95. The molecule has 84 heavy (non-hydrogen) atoms. The van der Waals surface area contributed by atoms with Crippen LogP contribution in [0.3, 0.4) is 0 Å². The molecular weight excluding hydrogens is 1110 g/mol. The molecule has 6 atom stereocenters. The van der Waals surface area contributed by atoms with Gasteiger partial charge in [-0.05, 0) is 49.4 Å². The van der Waals surface area contributed by atoms with Gasteiger partial charge in [-0.25, -0.2) is 9.13 Å². The number of aliphatic hydroxyl groups is 1. The maximum Gasteiger partial charge on any atom is 0.472 e. The van der Waals surface area contributed by atoms with Crippen LogP contribution in [0.25, 0.3) is 0 Å². The maximum atomic E-state index is 13.0. The molecular formula is C65H126O17P2. The summed E-state index contributed by atoms with van der Waals surface area (Å²) in [6.45, 7) is 13.9. The number of aliphatic hydroxyl groups excluding tert-OH is 1. The lowest BCUT2D eigenvalue weighted by Crippen LogP contribution is -2.30. The van der Waals surface area contributed by atoms with Gasteiger partial charge >= 0.3 is 39.5 Å². The highest BCUT2D eigenvalue weighted by Crippen LogP contribution is 2.45. The molecule has 0 amide bonds. The summed E-state index contributed by atoms with van der Waals surface area (Å²) in [5.74, 6) is 0.750. The van der Waals surface area contributed by atoms with Gasteiger partial charge in [-0.1, -0.05) is 261 Å². The Morgan fingerprint density at radius 2 is 0.571 bits per heavy atom. The number of carbonyl (C=O) groups is 4. The predicted molar refractivity (Wildman–Crippen MR) is 335 cm³/mol. The Kier molecular flexibility index (Phi) is 53.9. The lowest BCUT2D eigenvalue weighted by atomic mass is 10.00. The number of esters is 4. The first-order valence-electron chi connectivity index (χ1n) is 33.7. The number of phosphoric ester groups is 2. The van der Waals surface area contributed by atoms with E-state index < -0.39 is 97.5 Å². The SMILES string of the molecule is CCC(C)CCCCCCCCC(=O)O[C@H](COC(=O)CCCCCCCCC(C)C)COP(=O)(O)OCC(O)COP(=O)(O)OC[C@@H](COC(=O)CCCCCCCCCCC(C)C)OC(=O)CCCCCCCCCCCCCC(C)C. The van der Waals surface area contributed by atoms with Crippen LogP contribution in [-0.2, 0) is 65.4 Å². The number of ether oxygens (including phenoxy) is 4. The summed E-state index contributed by atoms with van der Waals surface area (Å²) in [5.41, 5.74) is 0. The Bertz CT molecular complexity index is 1680. The second-order valence-corrected chi connectivity index (χ2v) is 28.1. The average molecular weight is 1240 g/mol. The van der Waals surface area contributed by atoms with Crippen LogP contribution >= 0.6 is 15.6 Å². The van der Waals surface area contributed by atoms with Crippen molar-refractivity contribution in [1.82, 2.24) is 0 Å². The van der Waals surface area contributed by atoms with Crippen molar-refractivity contribution in [1.29, 1.82) is 0 Å². The topological polar surface area (TPSA) is 237 Å². The van der Waals surface area contributed by atoms with Crippen molar-refractivity contribution in [3.05, 3.63) is 0 Å². The monoisotopic (exact) mass is 1240 g/mol. The van der Waals surface area contributed by atoms with Crippen molar-refractivity contribution in [3.8, 4) is 0 Å². The number of rotatable bonds is 62. The van der Waals surface area contributed by atoms with Crippen molar-refractivity contribution >= 4 is 39.5 Å². The largest absolute Gasteiger partial charge is 0.472 e. The fourth-order valence-corrected chi connectivity index (χ4v) is 11.2. The van der Waals surface area contributed by atoms with Crippen molar-refractivity contribution in [2.24, 2.45) is 23.7 Å². The average Bonchev–Trinajstić information content (AvgIpc) is 3.50. The highest BCUT2D eigenvalue weighted by molar-refractivity contribution is 7.47. The predicted octanol–water partition coefficient (Wildman–Crippen LogP) is 17.8. The maximum absolute atomic E-state index is 13.0. The lowest BCUT2D eigenvalue weighted by molar-refractivity contribution is -0.161. The zero-order chi connectivity index (χ0) is 62.5. The van der Waals surface area contributed by atoms with Crippen LogP contribution in [0, 0.1) is 23.7 Å². The molecule has 0 aliphatic carbocycles. The number of unbranched alkanes of at least 4 members (excludes halogenated alkanes) is 27. The number of carbonyl (C=O) groups excluding carboxylic acids is 4. The molecule has 0 heterocycles. The highest BCUT2D eigenvalue weighted by atomic mass is 31.2. The molecule has 0 saturated carbocycles. The minimum Gasteiger partial charge on any atom is -0.462 e. The zero-order valence-corrected chi connectivity index (χ0v) is 56.3. The Morgan fingerprint density at radius 1 is 0.333 bits per heavy atom. The van der Waals surface area contributed by atoms with E-state index in [0.717, 1.165) is 114 Å². The van der Waals surface area contributed by atoms with Gasteiger partial charge in [-0.3, -0.25) is 37.3 Å². The highest BCUT2D eigenvalue weighted by Gasteiger charge is 2.30. The van der Waals surface area contributed by atoms with Crippen LogP contribution in [0.5, 0.6) is 0 Å². The number of hydrogen-bond donors (Lipinski definition) is 3. The van der Waals surface area contributed by atoms with Crippen molar-refractivity contribution in [2.45, 2.75) is 331 Å².